The molecule has 3 rings (SSSR count). The zero-order valence-corrected chi connectivity index (χ0v) is 12.0. The highest BCUT2D eigenvalue weighted by molar-refractivity contribution is 5.25. The fourth-order valence-corrected chi connectivity index (χ4v) is 3.75. The van der Waals surface area contributed by atoms with Gasteiger partial charge < -0.3 is 5.32 Å². The van der Waals surface area contributed by atoms with Crippen molar-refractivity contribution in [3.05, 3.63) is 35.1 Å². The summed E-state index contributed by atoms with van der Waals surface area (Å²) in [5.74, 6) is -3.12. The van der Waals surface area contributed by atoms with Crippen molar-refractivity contribution in [3.8, 4) is 0 Å². The van der Waals surface area contributed by atoms with Crippen LogP contribution in [0.25, 0.3) is 0 Å². The zero-order chi connectivity index (χ0) is 14.8. The van der Waals surface area contributed by atoms with Gasteiger partial charge in [0.2, 0.25) is 0 Å². The molecule has 116 valence electrons. The maximum absolute atomic E-state index is 14.3. The Balaban J connectivity index is 1.96. The molecule has 2 aliphatic rings. The first-order chi connectivity index (χ1) is 10.2. The minimum atomic E-state index is -1.34. The quantitative estimate of drug-likeness (QED) is 0.862. The van der Waals surface area contributed by atoms with Gasteiger partial charge in [-0.1, -0.05) is 18.9 Å². The average Bonchev–Trinajstić information content (AvgIpc) is 3.03. The summed E-state index contributed by atoms with van der Waals surface area (Å²) in [5.41, 5.74) is 0.322. The normalized spacial score (nSPS) is 22.6. The van der Waals surface area contributed by atoms with E-state index in [1.165, 1.54) is 6.07 Å². The number of piperazine rings is 1. The second-order valence-corrected chi connectivity index (χ2v) is 6.04. The van der Waals surface area contributed by atoms with Gasteiger partial charge in [-0.25, -0.2) is 13.2 Å². The summed E-state index contributed by atoms with van der Waals surface area (Å²) >= 11 is 0. The Kier molecular flexibility index (Phi) is 4.50. The first-order valence-electron chi connectivity index (χ1n) is 7.76. The van der Waals surface area contributed by atoms with Gasteiger partial charge in [0.25, 0.3) is 0 Å². The third-order valence-electron chi connectivity index (χ3n) is 4.78. The Labute approximate surface area is 123 Å². The standard InChI is InChI=1S/C16H21F3N2/c17-13-6-5-12(14(18)15(13)19)16(11-3-1-2-4-11)21-9-7-20-8-10-21/h5-6,11,16,20H,1-4,7-10H2/t16-/m0/s1. The van der Waals surface area contributed by atoms with Gasteiger partial charge in [-0.15, -0.1) is 0 Å². The van der Waals surface area contributed by atoms with E-state index < -0.39 is 17.5 Å². The topological polar surface area (TPSA) is 15.3 Å². The molecular formula is C16H21F3N2. The number of nitrogens with zero attached hydrogens (tertiary/aromatic N) is 1. The molecule has 0 unspecified atom stereocenters. The molecule has 2 nitrogen and oxygen atoms in total. The predicted octanol–water partition coefficient (Wildman–Crippen LogP) is 3.24. The molecule has 1 saturated heterocycles. The van der Waals surface area contributed by atoms with Crippen molar-refractivity contribution in [3.63, 3.8) is 0 Å². The molecule has 1 N–H and O–H groups in total. The van der Waals surface area contributed by atoms with Gasteiger partial charge in [0.15, 0.2) is 17.5 Å². The Hall–Kier alpha value is -1.07. The van der Waals surface area contributed by atoms with Crippen LogP contribution < -0.4 is 5.32 Å². The van der Waals surface area contributed by atoms with Crippen molar-refractivity contribution in [2.24, 2.45) is 5.92 Å². The van der Waals surface area contributed by atoms with Crippen molar-refractivity contribution >= 4 is 0 Å². The number of hydrogen-bond donors (Lipinski definition) is 1. The highest BCUT2D eigenvalue weighted by atomic mass is 19.2. The molecular weight excluding hydrogens is 277 g/mol. The van der Waals surface area contributed by atoms with Crippen LogP contribution >= 0.6 is 0 Å². The van der Waals surface area contributed by atoms with Crippen LogP contribution in [0.1, 0.15) is 37.3 Å². The molecule has 1 aromatic rings. The summed E-state index contributed by atoms with van der Waals surface area (Å²) in [5, 5.41) is 3.28. The third kappa shape index (κ3) is 2.94. The monoisotopic (exact) mass is 298 g/mol. The summed E-state index contributed by atoms with van der Waals surface area (Å²) in [4.78, 5) is 2.22. The van der Waals surface area contributed by atoms with E-state index in [0.29, 0.717) is 11.5 Å². The molecule has 1 aliphatic carbocycles. The molecule has 0 bridgehead atoms. The van der Waals surface area contributed by atoms with Crippen LogP contribution in [0, 0.1) is 23.4 Å². The Morgan fingerprint density at radius 1 is 1.00 bits per heavy atom. The van der Waals surface area contributed by atoms with Gasteiger partial charge >= 0.3 is 0 Å². The highest BCUT2D eigenvalue weighted by Gasteiger charge is 2.34. The summed E-state index contributed by atoms with van der Waals surface area (Å²) in [6.07, 6.45) is 4.34. The van der Waals surface area contributed by atoms with Crippen LogP contribution in [0.4, 0.5) is 13.2 Å². The highest BCUT2D eigenvalue weighted by Crippen LogP contribution is 2.41. The van der Waals surface area contributed by atoms with E-state index in [2.05, 4.69) is 10.2 Å². The molecule has 0 radical (unpaired) electrons. The van der Waals surface area contributed by atoms with Crippen molar-refractivity contribution in [1.29, 1.82) is 0 Å². The predicted molar refractivity (Wildman–Crippen MR) is 75.5 cm³/mol. The lowest BCUT2D eigenvalue weighted by Crippen LogP contribution is -2.47. The molecule has 0 spiro atoms. The first kappa shape index (κ1) is 14.9. The fraction of sp³-hybridized carbons (Fsp3) is 0.625. The Morgan fingerprint density at radius 2 is 1.67 bits per heavy atom. The largest absolute Gasteiger partial charge is 0.314 e. The summed E-state index contributed by atoms with van der Waals surface area (Å²) < 4.78 is 41.1. The van der Waals surface area contributed by atoms with Crippen LogP contribution in [-0.2, 0) is 0 Å². The lowest BCUT2D eigenvalue weighted by atomic mass is 9.89. The minimum Gasteiger partial charge on any atom is -0.314 e. The maximum atomic E-state index is 14.3. The summed E-state index contributed by atoms with van der Waals surface area (Å²) in [7, 11) is 0. The number of halogens is 3. The van der Waals surface area contributed by atoms with Crippen LogP contribution in [0.5, 0.6) is 0 Å². The second kappa shape index (κ2) is 6.36. The average molecular weight is 298 g/mol. The number of hydrogen-bond acceptors (Lipinski definition) is 2. The molecule has 0 aromatic heterocycles. The van der Waals surface area contributed by atoms with Gasteiger partial charge in [-0.2, -0.15) is 0 Å². The van der Waals surface area contributed by atoms with Crippen LogP contribution in [0.3, 0.4) is 0 Å². The zero-order valence-electron chi connectivity index (χ0n) is 12.0. The number of benzene rings is 1. The van der Waals surface area contributed by atoms with E-state index in [0.717, 1.165) is 57.9 Å². The van der Waals surface area contributed by atoms with Crippen molar-refractivity contribution in [2.75, 3.05) is 26.2 Å². The van der Waals surface area contributed by atoms with Gasteiger partial charge in [-0.05, 0) is 24.8 Å². The van der Waals surface area contributed by atoms with Gasteiger partial charge in [-0.3, -0.25) is 4.90 Å². The molecule has 1 saturated carbocycles. The molecule has 1 atom stereocenters. The van der Waals surface area contributed by atoms with E-state index in [1.54, 1.807) is 0 Å². The second-order valence-electron chi connectivity index (χ2n) is 6.04. The number of nitrogens with one attached hydrogen (secondary N) is 1. The van der Waals surface area contributed by atoms with Crippen molar-refractivity contribution in [1.82, 2.24) is 10.2 Å². The first-order valence-corrected chi connectivity index (χ1v) is 7.76. The van der Waals surface area contributed by atoms with Crippen LogP contribution in [0.2, 0.25) is 0 Å². The van der Waals surface area contributed by atoms with E-state index >= 15 is 0 Å². The minimum absolute atomic E-state index is 0.135. The van der Waals surface area contributed by atoms with Gasteiger partial charge in [0, 0.05) is 37.8 Å². The van der Waals surface area contributed by atoms with E-state index in [-0.39, 0.29) is 6.04 Å². The fourth-order valence-electron chi connectivity index (χ4n) is 3.75. The SMILES string of the molecule is Fc1ccc([C@H](C2CCCC2)N2CCNCC2)c(F)c1F. The molecule has 21 heavy (non-hydrogen) atoms. The van der Waals surface area contributed by atoms with Crippen LogP contribution in [0.15, 0.2) is 12.1 Å². The van der Waals surface area contributed by atoms with E-state index in [1.807, 2.05) is 0 Å². The number of rotatable bonds is 3. The maximum Gasteiger partial charge on any atom is 0.194 e. The lowest BCUT2D eigenvalue weighted by Gasteiger charge is -2.38. The smallest absolute Gasteiger partial charge is 0.194 e. The van der Waals surface area contributed by atoms with E-state index in [9.17, 15) is 13.2 Å². The third-order valence-corrected chi connectivity index (χ3v) is 4.78. The summed E-state index contributed by atoms with van der Waals surface area (Å²) in [6.45, 7) is 3.35. The van der Waals surface area contributed by atoms with Crippen molar-refractivity contribution in [2.45, 2.75) is 31.7 Å². The molecule has 0 amide bonds. The van der Waals surface area contributed by atoms with Gasteiger partial charge in [0.1, 0.15) is 0 Å². The van der Waals surface area contributed by atoms with E-state index in [4.69, 9.17) is 0 Å². The summed E-state index contributed by atoms with van der Waals surface area (Å²) in [6, 6.07) is 2.35. The molecule has 1 aromatic carbocycles. The van der Waals surface area contributed by atoms with Crippen molar-refractivity contribution < 1.29 is 13.2 Å². The van der Waals surface area contributed by atoms with Gasteiger partial charge in [0.05, 0.1) is 0 Å². The molecule has 5 heteroatoms. The lowest BCUT2D eigenvalue weighted by molar-refractivity contribution is 0.121. The van der Waals surface area contributed by atoms with Crippen LogP contribution in [-0.4, -0.2) is 31.1 Å². The molecule has 1 heterocycles. The Bertz CT molecular complexity index is 495. The molecule has 2 fully saturated rings. The Morgan fingerprint density at radius 3 is 2.33 bits per heavy atom. The molecule has 1 aliphatic heterocycles.